The third kappa shape index (κ3) is 6.68. The Balaban J connectivity index is 1.80. The number of para-hydroxylation sites is 1. The van der Waals surface area contributed by atoms with Crippen LogP contribution in [0.4, 0.5) is 5.69 Å². The average Bonchev–Trinajstić information content (AvgIpc) is 2.64. The van der Waals surface area contributed by atoms with Gasteiger partial charge in [-0.15, -0.1) is 11.8 Å². The van der Waals surface area contributed by atoms with Gasteiger partial charge in [-0.2, -0.15) is 0 Å². The van der Waals surface area contributed by atoms with Crippen molar-refractivity contribution < 1.29 is 23.8 Å². The third-order valence-corrected chi connectivity index (χ3v) is 4.81. The number of nitrogens with zero attached hydrogens (tertiary/aromatic N) is 1. The Bertz CT molecular complexity index is 611. The summed E-state index contributed by atoms with van der Waals surface area (Å²) in [7, 11) is 1.58. The zero-order chi connectivity index (χ0) is 18.8. The largest absolute Gasteiger partial charge is 0.487 e. The maximum atomic E-state index is 12.2. The summed E-state index contributed by atoms with van der Waals surface area (Å²) in [5.74, 6) is 0.648. The molecular formula is C17H23ClN2O5S. The van der Waals surface area contributed by atoms with Crippen LogP contribution in [0, 0.1) is 0 Å². The molecule has 0 saturated carbocycles. The van der Waals surface area contributed by atoms with E-state index < -0.39 is 0 Å². The molecule has 0 aromatic heterocycles. The van der Waals surface area contributed by atoms with Gasteiger partial charge in [-0.25, -0.2) is 0 Å². The summed E-state index contributed by atoms with van der Waals surface area (Å²) in [5, 5.41) is 3.19. The van der Waals surface area contributed by atoms with E-state index in [9.17, 15) is 9.59 Å². The van der Waals surface area contributed by atoms with E-state index in [1.807, 2.05) is 0 Å². The number of rotatable bonds is 9. The van der Waals surface area contributed by atoms with Crippen LogP contribution in [0.3, 0.4) is 0 Å². The molecule has 1 aromatic carbocycles. The van der Waals surface area contributed by atoms with E-state index >= 15 is 0 Å². The first-order chi connectivity index (χ1) is 12.6. The number of anilines is 1. The predicted octanol–water partition coefficient (Wildman–Crippen LogP) is 1.90. The number of thioether (sulfide) groups is 1. The molecule has 1 fully saturated rings. The fourth-order valence-corrected chi connectivity index (χ4v) is 3.25. The topological polar surface area (TPSA) is 77.1 Å². The van der Waals surface area contributed by atoms with Crippen molar-refractivity contribution in [3.8, 4) is 5.75 Å². The van der Waals surface area contributed by atoms with Gasteiger partial charge >= 0.3 is 0 Å². The highest BCUT2D eigenvalue weighted by molar-refractivity contribution is 8.00. The molecule has 9 heteroatoms. The number of hydrogen-bond acceptors (Lipinski definition) is 6. The van der Waals surface area contributed by atoms with E-state index in [0.29, 0.717) is 56.0 Å². The van der Waals surface area contributed by atoms with Gasteiger partial charge in [-0.1, -0.05) is 17.7 Å². The molecule has 1 aliphatic rings. The SMILES string of the molecule is COCCOc1c(Cl)cccc1NC(=O)CSCC(=O)N1CCOCC1. The maximum Gasteiger partial charge on any atom is 0.234 e. The van der Waals surface area contributed by atoms with Crippen molar-refractivity contribution in [2.45, 2.75) is 0 Å². The van der Waals surface area contributed by atoms with Crippen molar-refractivity contribution in [3.63, 3.8) is 0 Å². The van der Waals surface area contributed by atoms with Crippen molar-refractivity contribution in [1.29, 1.82) is 0 Å². The Labute approximate surface area is 162 Å². The summed E-state index contributed by atoms with van der Waals surface area (Å²) in [5.41, 5.74) is 0.499. The van der Waals surface area contributed by atoms with Gasteiger partial charge in [0.05, 0.1) is 42.0 Å². The minimum Gasteiger partial charge on any atom is -0.487 e. The van der Waals surface area contributed by atoms with Crippen LogP contribution >= 0.6 is 23.4 Å². The molecule has 0 radical (unpaired) electrons. The molecule has 1 saturated heterocycles. The quantitative estimate of drug-likeness (QED) is 0.636. The van der Waals surface area contributed by atoms with Crippen molar-refractivity contribution in [3.05, 3.63) is 23.2 Å². The Kier molecular flexibility index (Phi) is 9.04. The summed E-state index contributed by atoms with van der Waals surface area (Å²) < 4.78 is 15.7. The minimum atomic E-state index is -0.219. The standard InChI is InChI=1S/C17H23ClN2O5S/c1-23-9-10-25-17-13(18)3-2-4-14(17)19-15(21)11-26-12-16(22)20-5-7-24-8-6-20/h2-4H,5-12H2,1H3,(H,19,21). The molecule has 0 aliphatic carbocycles. The molecule has 1 N–H and O–H groups in total. The predicted molar refractivity (Wildman–Crippen MR) is 102 cm³/mol. The fraction of sp³-hybridized carbons (Fsp3) is 0.529. The summed E-state index contributed by atoms with van der Waals surface area (Å²) in [4.78, 5) is 26.0. The number of halogens is 1. The molecule has 0 unspecified atom stereocenters. The molecule has 1 aromatic rings. The van der Waals surface area contributed by atoms with Crippen LogP contribution in [0.2, 0.25) is 5.02 Å². The Morgan fingerprint density at radius 1 is 1.27 bits per heavy atom. The number of hydrogen-bond donors (Lipinski definition) is 1. The first kappa shape index (κ1) is 20.8. The van der Waals surface area contributed by atoms with Gasteiger partial charge in [0.2, 0.25) is 11.8 Å². The van der Waals surface area contributed by atoms with Crippen LogP contribution in [0.25, 0.3) is 0 Å². The van der Waals surface area contributed by atoms with Crippen molar-refractivity contribution in [1.82, 2.24) is 4.90 Å². The molecule has 7 nitrogen and oxygen atoms in total. The highest BCUT2D eigenvalue weighted by Crippen LogP contribution is 2.33. The van der Waals surface area contributed by atoms with Crippen LogP contribution in [0.15, 0.2) is 18.2 Å². The molecule has 144 valence electrons. The number of carbonyl (C=O) groups excluding carboxylic acids is 2. The number of nitrogens with one attached hydrogen (secondary N) is 1. The fourth-order valence-electron chi connectivity index (χ4n) is 2.30. The van der Waals surface area contributed by atoms with Crippen LogP contribution < -0.4 is 10.1 Å². The van der Waals surface area contributed by atoms with Crippen LogP contribution in [0.1, 0.15) is 0 Å². The van der Waals surface area contributed by atoms with E-state index in [1.54, 1.807) is 30.2 Å². The zero-order valence-corrected chi connectivity index (χ0v) is 16.2. The van der Waals surface area contributed by atoms with E-state index in [1.165, 1.54) is 11.8 Å². The molecular weight excluding hydrogens is 380 g/mol. The van der Waals surface area contributed by atoms with E-state index in [-0.39, 0.29) is 23.3 Å². The van der Waals surface area contributed by atoms with Crippen LogP contribution in [-0.2, 0) is 19.1 Å². The van der Waals surface area contributed by atoms with E-state index in [4.69, 9.17) is 25.8 Å². The lowest BCUT2D eigenvalue weighted by Crippen LogP contribution is -2.41. The highest BCUT2D eigenvalue weighted by Gasteiger charge is 2.17. The summed E-state index contributed by atoms with van der Waals surface area (Å²) in [6, 6.07) is 5.14. The summed E-state index contributed by atoms with van der Waals surface area (Å²) >= 11 is 7.42. The maximum absolute atomic E-state index is 12.2. The second-order valence-electron chi connectivity index (χ2n) is 5.49. The lowest BCUT2D eigenvalue weighted by molar-refractivity contribution is -0.132. The van der Waals surface area contributed by atoms with Gasteiger partial charge in [-0.3, -0.25) is 9.59 Å². The van der Waals surface area contributed by atoms with Gasteiger partial charge < -0.3 is 24.4 Å². The number of methoxy groups -OCH3 is 1. The number of benzene rings is 1. The molecule has 1 heterocycles. The number of carbonyl (C=O) groups is 2. The molecule has 26 heavy (non-hydrogen) atoms. The van der Waals surface area contributed by atoms with Gasteiger partial charge in [0.15, 0.2) is 5.75 Å². The summed E-state index contributed by atoms with van der Waals surface area (Å²) in [6.45, 7) is 3.09. The number of morpholine rings is 1. The third-order valence-electron chi connectivity index (χ3n) is 3.60. The van der Waals surface area contributed by atoms with E-state index in [2.05, 4.69) is 5.32 Å². The Hall–Kier alpha value is -1.48. The normalized spacial score (nSPS) is 14.2. The van der Waals surface area contributed by atoms with Gasteiger partial charge in [0.1, 0.15) is 6.61 Å². The molecule has 0 atom stereocenters. The van der Waals surface area contributed by atoms with Crippen molar-refractivity contribution >= 4 is 40.9 Å². The van der Waals surface area contributed by atoms with Crippen LogP contribution in [0.5, 0.6) is 5.75 Å². The van der Waals surface area contributed by atoms with Crippen LogP contribution in [-0.4, -0.2) is 74.8 Å². The lowest BCUT2D eigenvalue weighted by atomic mass is 10.3. The highest BCUT2D eigenvalue weighted by atomic mass is 35.5. The number of ether oxygens (including phenoxy) is 3. The van der Waals surface area contributed by atoms with Crippen molar-refractivity contribution in [2.75, 3.05) is 63.4 Å². The van der Waals surface area contributed by atoms with E-state index in [0.717, 1.165) is 0 Å². The molecule has 1 aliphatic heterocycles. The van der Waals surface area contributed by atoms with Gasteiger partial charge in [-0.05, 0) is 12.1 Å². The van der Waals surface area contributed by atoms with Crippen molar-refractivity contribution in [2.24, 2.45) is 0 Å². The minimum absolute atomic E-state index is 0.0254. The lowest BCUT2D eigenvalue weighted by Gasteiger charge is -2.26. The Morgan fingerprint density at radius 3 is 2.77 bits per heavy atom. The van der Waals surface area contributed by atoms with Gasteiger partial charge in [0.25, 0.3) is 0 Å². The average molecular weight is 403 g/mol. The summed E-state index contributed by atoms with van der Waals surface area (Å²) in [6.07, 6.45) is 0. The molecule has 2 amide bonds. The first-order valence-electron chi connectivity index (χ1n) is 8.25. The second kappa shape index (κ2) is 11.3. The molecule has 0 spiro atoms. The zero-order valence-electron chi connectivity index (χ0n) is 14.7. The van der Waals surface area contributed by atoms with Gasteiger partial charge in [0, 0.05) is 20.2 Å². The number of amides is 2. The molecule has 0 bridgehead atoms. The first-order valence-corrected chi connectivity index (χ1v) is 9.78. The smallest absolute Gasteiger partial charge is 0.234 e. The molecule has 2 rings (SSSR count). The Morgan fingerprint density at radius 2 is 2.04 bits per heavy atom. The second-order valence-corrected chi connectivity index (χ2v) is 6.88. The monoisotopic (exact) mass is 402 g/mol.